The van der Waals surface area contributed by atoms with Crippen LogP contribution in [-0.2, 0) is 11.3 Å². The quantitative estimate of drug-likeness (QED) is 0.763. The van der Waals surface area contributed by atoms with Crippen LogP contribution in [0.15, 0.2) is 5.38 Å². The maximum absolute atomic E-state index is 13.3. The first-order valence-corrected chi connectivity index (χ1v) is 8.54. The molecule has 0 radical (unpaired) electrons. The minimum atomic E-state index is -2.50. The van der Waals surface area contributed by atoms with E-state index in [2.05, 4.69) is 0 Å². The van der Waals surface area contributed by atoms with Gasteiger partial charge in [0.2, 0.25) is 5.91 Å². The van der Waals surface area contributed by atoms with Gasteiger partial charge in [-0.05, 0) is 43.2 Å². The van der Waals surface area contributed by atoms with Gasteiger partial charge in [0.1, 0.15) is 5.88 Å². The fourth-order valence-corrected chi connectivity index (χ4v) is 4.47. The van der Waals surface area contributed by atoms with Crippen LogP contribution < -0.4 is 0 Å². The fraction of sp³-hybridized carbons (Fsp3) is 0.667. The summed E-state index contributed by atoms with van der Waals surface area (Å²) < 4.78 is 26.7. The van der Waals surface area contributed by atoms with Crippen LogP contribution in [0, 0.1) is 25.7 Å². The molecule has 0 bridgehead atoms. The summed E-state index contributed by atoms with van der Waals surface area (Å²) in [7, 11) is 0. The Morgan fingerprint density at radius 2 is 2.05 bits per heavy atom. The molecule has 2 atom stereocenters. The van der Waals surface area contributed by atoms with Crippen molar-refractivity contribution in [3.05, 3.63) is 21.4 Å². The molecule has 1 aromatic heterocycles. The normalized spacial score (nSPS) is 29.3. The number of amides is 1. The number of halogens is 3. The van der Waals surface area contributed by atoms with Crippen LogP contribution in [0.1, 0.15) is 28.8 Å². The molecule has 0 spiro atoms. The first kappa shape index (κ1) is 15.2. The smallest absolute Gasteiger partial charge is 0.254 e. The molecule has 1 amide bonds. The molecule has 6 heteroatoms. The second kappa shape index (κ2) is 5.20. The molecule has 2 aliphatic carbocycles. The number of thiophene rings is 1. The minimum Gasteiger partial charge on any atom is -0.334 e. The molecule has 2 nitrogen and oxygen atoms in total. The van der Waals surface area contributed by atoms with Gasteiger partial charge in [-0.3, -0.25) is 4.79 Å². The van der Waals surface area contributed by atoms with E-state index >= 15 is 0 Å². The Hall–Kier alpha value is -0.680. The van der Waals surface area contributed by atoms with Gasteiger partial charge < -0.3 is 4.90 Å². The summed E-state index contributed by atoms with van der Waals surface area (Å²) in [5.41, 5.74) is 2.28. The predicted octanol–water partition coefficient (Wildman–Crippen LogP) is 3.98. The van der Waals surface area contributed by atoms with Crippen molar-refractivity contribution < 1.29 is 13.6 Å². The van der Waals surface area contributed by atoms with E-state index in [0.29, 0.717) is 19.4 Å². The number of alkyl halides is 3. The van der Waals surface area contributed by atoms with Crippen molar-refractivity contribution in [3.63, 3.8) is 0 Å². The van der Waals surface area contributed by atoms with Crippen LogP contribution in [0.3, 0.4) is 0 Å². The number of carbonyl (C=O) groups is 1. The number of nitrogens with zero attached hydrogens (tertiary/aromatic N) is 1. The molecule has 2 saturated carbocycles. The molecule has 1 aromatic rings. The van der Waals surface area contributed by atoms with E-state index in [1.54, 1.807) is 16.2 Å². The van der Waals surface area contributed by atoms with Gasteiger partial charge >= 0.3 is 0 Å². The highest BCUT2D eigenvalue weighted by Gasteiger charge is 2.72. The topological polar surface area (TPSA) is 20.3 Å². The maximum Gasteiger partial charge on any atom is 0.254 e. The van der Waals surface area contributed by atoms with Gasteiger partial charge in [-0.1, -0.05) is 0 Å². The lowest BCUT2D eigenvalue weighted by atomic mass is 10.1. The standard InChI is InChI=1S/C15H18ClF2NOS/c1-8-9(2)21-7-10(8)6-19(14(20)5-16)11-3-12-13(4-11)15(12,17)18/h7,11-13H,3-6H2,1-2H3. The minimum absolute atomic E-state index is 0.0921. The zero-order valence-electron chi connectivity index (χ0n) is 12.0. The summed E-state index contributed by atoms with van der Waals surface area (Å²) in [5.74, 6) is -3.81. The van der Waals surface area contributed by atoms with Crippen molar-refractivity contribution in [1.29, 1.82) is 0 Å². The Bertz CT molecular complexity index is 560. The summed E-state index contributed by atoms with van der Waals surface area (Å²) in [4.78, 5) is 15.1. The number of fused-ring (bicyclic) bond motifs is 1. The zero-order valence-corrected chi connectivity index (χ0v) is 13.6. The number of carbonyl (C=O) groups excluding carboxylic acids is 1. The van der Waals surface area contributed by atoms with Gasteiger partial charge in [-0.15, -0.1) is 22.9 Å². The molecule has 0 saturated heterocycles. The van der Waals surface area contributed by atoms with Crippen molar-refractivity contribution in [2.45, 2.75) is 45.2 Å². The Labute approximate surface area is 132 Å². The number of hydrogen-bond acceptors (Lipinski definition) is 2. The molecule has 0 aromatic carbocycles. The third-order valence-corrected chi connectivity index (χ3v) is 6.31. The lowest BCUT2D eigenvalue weighted by Crippen LogP contribution is -2.40. The Morgan fingerprint density at radius 1 is 1.43 bits per heavy atom. The van der Waals surface area contributed by atoms with E-state index in [4.69, 9.17) is 11.6 Å². The molecule has 21 heavy (non-hydrogen) atoms. The maximum atomic E-state index is 13.3. The summed E-state index contributed by atoms with van der Waals surface area (Å²) in [6, 6.07) is -0.0921. The van der Waals surface area contributed by atoms with Crippen LogP contribution in [0.4, 0.5) is 8.78 Å². The molecule has 1 heterocycles. The summed E-state index contributed by atoms with van der Waals surface area (Å²) in [5, 5.41) is 2.05. The molecular weight excluding hydrogens is 316 g/mol. The van der Waals surface area contributed by atoms with Crippen molar-refractivity contribution in [3.8, 4) is 0 Å². The van der Waals surface area contributed by atoms with Gasteiger partial charge in [-0.25, -0.2) is 8.78 Å². The average Bonchev–Trinajstić information content (AvgIpc) is 2.82. The fourth-order valence-electron chi connectivity index (χ4n) is 3.44. The Kier molecular flexibility index (Phi) is 3.77. The van der Waals surface area contributed by atoms with Crippen LogP contribution in [0.2, 0.25) is 0 Å². The molecule has 116 valence electrons. The number of aryl methyl sites for hydroxylation is 1. The first-order chi connectivity index (χ1) is 9.86. The van der Waals surface area contributed by atoms with Crippen molar-refractivity contribution >= 4 is 28.8 Å². The molecule has 2 fully saturated rings. The second-order valence-corrected chi connectivity index (χ2v) is 7.46. The first-order valence-electron chi connectivity index (χ1n) is 7.13. The van der Waals surface area contributed by atoms with Crippen molar-refractivity contribution in [1.82, 2.24) is 4.90 Å². The van der Waals surface area contributed by atoms with E-state index in [1.807, 2.05) is 19.2 Å². The highest BCUT2D eigenvalue weighted by atomic mass is 35.5. The van der Waals surface area contributed by atoms with Crippen LogP contribution in [0.25, 0.3) is 0 Å². The summed E-state index contributed by atoms with van der Waals surface area (Å²) in [6.07, 6.45) is 0.810. The molecule has 3 rings (SSSR count). The van der Waals surface area contributed by atoms with Gasteiger partial charge in [-0.2, -0.15) is 0 Å². The van der Waals surface area contributed by atoms with Gasteiger partial charge in [0, 0.05) is 29.3 Å². The third kappa shape index (κ3) is 2.48. The van der Waals surface area contributed by atoms with E-state index < -0.39 is 17.8 Å². The lowest BCUT2D eigenvalue weighted by Gasteiger charge is -2.30. The number of rotatable bonds is 4. The number of hydrogen-bond donors (Lipinski definition) is 0. The highest BCUT2D eigenvalue weighted by Crippen LogP contribution is 2.64. The predicted molar refractivity (Wildman–Crippen MR) is 80.0 cm³/mol. The third-order valence-electron chi connectivity index (χ3n) is 5.02. The summed E-state index contributed by atoms with van der Waals surface area (Å²) >= 11 is 7.36. The van der Waals surface area contributed by atoms with E-state index in [-0.39, 0.29) is 17.8 Å². The highest BCUT2D eigenvalue weighted by molar-refractivity contribution is 7.10. The van der Waals surface area contributed by atoms with Crippen molar-refractivity contribution in [2.75, 3.05) is 5.88 Å². The van der Waals surface area contributed by atoms with Crippen LogP contribution in [0.5, 0.6) is 0 Å². The SMILES string of the molecule is Cc1scc(CN(C(=O)CCl)C2CC3C(C2)C3(F)F)c1C. The second-order valence-electron chi connectivity index (χ2n) is 6.11. The Balaban J connectivity index is 1.74. The van der Waals surface area contributed by atoms with Gasteiger partial charge in [0.15, 0.2) is 0 Å². The molecule has 0 aliphatic heterocycles. The molecular formula is C15H18ClF2NOS. The molecule has 2 unspecified atom stereocenters. The largest absolute Gasteiger partial charge is 0.334 e. The van der Waals surface area contributed by atoms with Gasteiger partial charge in [0.05, 0.1) is 0 Å². The van der Waals surface area contributed by atoms with E-state index in [1.165, 1.54) is 10.4 Å². The average molecular weight is 334 g/mol. The monoisotopic (exact) mass is 333 g/mol. The molecule has 2 aliphatic rings. The Morgan fingerprint density at radius 3 is 2.52 bits per heavy atom. The van der Waals surface area contributed by atoms with Crippen LogP contribution in [-0.4, -0.2) is 28.7 Å². The summed E-state index contributed by atoms with van der Waals surface area (Å²) in [6.45, 7) is 4.56. The van der Waals surface area contributed by atoms with Gasteiger partial charge in [0.25, 0.3) is 5.92 Å². The molecule has 0 N–H and O–H groups in total. The van der Waals surface area contributed by atoms with Crippen molar-refractivity contribution in [2.24, 2.45) is 11.8 Å². The van der Waals surface area contributed by atoms with E-state index in [9.17, 15) is 13.6 Å². The van der Waals surface area contributed by atoms with Crippen LogP contribution >= 0.6 is 22.9 Å². The zero-order chi connectivity index (χ0) is 15.4. The lowest BCUT2D eigenvalue weighted by molar-refractivity contribution is -0.132. The van der Waals surface area contributed by atoms with E-state index in [0.717, 1.165) is 5.56 Å².